The fraction of sp³-hybridized carbons (Fsp3) is 0.286. The Morgan fingerprint density at radius 2 is 2.27 bits per heavy atom. The lowest BCUT2D eigenvalue weighted by atomic mass is 10.2. The molecular weight excluding hydrogens is 284 g/mol. The minimum atomic E-state index is -0.346. The molecule has 3 aromatic rings. The summed E-state index contributed by atoms with van der Waals surface area (Å²) < 4.78 is 7.77. The van der Waals surface area contributed by atoms with E-state index in [4.69, 9.17) is 4.74 Å². The summed E-state index contributed by atoms with van der Waals surface area (Å²) in [6.45, 7) is 4.11. The van der Waals surface area contributed by atoms with Crippen molar-refractivity contribution in [3.8, 4) is 5.75 Å². The summed E-state index contributed by atoms with van der Waals surface area (Å²) in [6.07, 6.45) is 2.02. The Bertz CT molecular complexity index is 778. The number of amides is 1. The molecule has 0 atom stereocenters. The van der Waals surface area contributed by atoms with Crippen molar-refractivity contribution in [3.63, 3.8) is 0 Å². The third-order valence-electron chi connectivity index (χ3n) is 3.23. The standard InChI is InChI=1S/C14H16N6O2/c1-9(2)20-7-6-10-11(20)4-3-5-12(10)22-8-13(21)15-14-16-18-19-17-14/h3-7,9H,8H2,1-2H3,(H2,15,16,17,18,19,21). The molecule has 8 nitrogen and oxygen atoms in total. The number of rotatable bonds is 5. The van der Waals surface area contributed by atoms with E-state index >= 15 is 0 Å². The summed E-state index contributed by atoms with van der Waals surface area (Å²) in [5.74, 6) is 0.444. The Hall–Kier alpha value is -2.90. The number of carbonyl (C=O) groups is 1. The zero-order valence-electron chi connectivity index (χ0n) is 12.3. The van der Waals surface area contributed by atoms with Gasteiger partial charge in [-0.25, -0.2) is 0 Å². The van der Waals surface area contributed by atoms with Gasteiger partial charge in [0.2, 0.25) is 0 Å². The highest BCUT2D eigenvalue weighted by molar-refractivity contribution is 5.91. The average Bonchev–Trinajstić information content (AvgIpc) is 3.13. The van der Waals surface area contributed by atoms with Crippen LogP contribution < -0.4 is 10.1 Å². The minimum Gasteiger partial charge on any atom is -0.483 e. The number of H-pyrrole nitrogens is 1. The maximum Gasteiger partial charge on any atom is 0.269 e. The smallest absolute Gasteiger partial charge is 0.269 e. The van der Waals surface area contributed by atoms with E-state index in [0.717, 1.165) is 10.9 Å². The number of nitrogens with zero attached hydrogens (tertiary/aromatic N) is 4. The lowest BCUT2D eigenvalue weighted by Crippen LogP contribution is -2.20. The Balaban J connectivity index is 1.73. The summed E-state index contributed by atoms with van der Waals surface area (Å²) in [7, 11) is 0. The quantitative estimate of drug-likeness (QED) is 0.748. The first kappa shape index (κ1) is 14.1. The highest BCUT2D eigenvalue weighted by Crippen LogP contribution is 2.28. The molecule has 0 spiro atoms. The largest absolute Gasteiger partial charge is 0.483 e. The monoisotopic (exact) mass is 300 g/mol. The first-order valence-corrected chi connectivity index (χ1v) is 6.91. The second kappa shape index (κ2) is 5.84. The molecule has 22 heavy (non-hydrogen) atoms. The molecule has 0 fully saturated rings. The number of hydrogen-bond donors (Lipinski definition) is 2. The van der Waals surface area contributed by atoms with Crippen molar-refractivity contribution in [1.29, 1.82) is 0 Å². The molecule has 0 saturated heterocycles. The molecule has 0 aliphatic carbocycles. The van der Waals surface area contributed by atoms with Crippen LogP contribution in [0.4, 0.5) is 5.95 Å². The molecule has 0 aliphatic heterocycles. The van der Waals surface area contributed by atoms with Crippen molar-refractivity contribution in [2.45, 2.75) is 19.9 Å². The van der Waals surface area contributed by atoms with Crippen molar-refractivity contribution in [2.75, 3.05) is 11.9 Å². The van der Waals surface area contributed by atoms with Crippen molar-refractivity contribution < 1.29 is 9.53 Å². The van der Waals surface area contributed by atoms with Gasteiger partial charge < -0.3 is 9.30 Å². The lowest BCUT2D eigenvalue weighted by Gasteiger charge is -2.11. The number of anilines is 1. The SMILES string of the molecule is CC(C)n1ccc2c(OCC(=O)Nc3nn[nH]n3)cccc21. The summed E-state index contributed by atoms with van der Waals surface area (Å²) >= 11 is 0. The number of benzene rings is 1. The van der Waals surface area contributed by atoms with Crippen LogP contribution in [0.15, 0.2) is 30.5 Å². The minimum absolute atomic E-state index is 0.123. The van der Waals surface area contributed by atoms with Crippen LogP contribution in [0.25, 0.3) is 10.9 Å². The van der Waals surface area contributed by atoms with Gasteiger partial charge in [-0.15, -0.1) is 5.10 Å². The van der Waals surface area contributed by atoms with E-state index in [9.17, 15) is 4.79 Å². The van der Waals surface area contributed by atoms with E-state index in [2.05, 4.69) is 44.4 Å². The van der Waals surface area contributed by atoms with Gasteiger partial charge in [0.15, 0.2) is 6.61 Å². The van der Waals surface area contributed by atoms with Crippen LogP contribution in [0.3, 0.4) is 0 Å². The average molecular weight is 300 g/mol. The van der Waals surface area contributed by atoms with Crippen LogP contribution in [0.5, 0.6) is 5.75 Å². The predicted octanol–water partition coefficient (Wildman–Crippen LogP) is 1.75. The van der Waals surface area contributed by atoms with Crippen molar-refractivity contribution in [3.05, 3.63) is 30.5 Å². The van der Waals surface area contributed by atoms with Crippen LogP contribution in [-0.4, -0.2) is 37.7 Å². The van der Waals surface area contributed by atoms with Gasteiger partial charge in [0.1, 0.15) is 5.75 Å². The Labute approximate surface area is 126 Å². The maximum absolute atomic E-state index is 11.8. The molecule has 114 valence electrons. The van der Waals surface area contributed by atoms with E-state index in [-0.39, 0.29) is 18.5 Å². The Morgan fingerprint density at radius 3 is 3.00 bits per heavy atom. The molecule has 0 radical (unpaired) electrons. The first-order chi connectivity index (χ1) is 10.6. The zero-order valence-corrected chi connectivity index (χ0v) is 12.3. The summed E-state index contributed by atoms with van der Waals surface area (Å²) in [6, 6.07) is 8.13. The highest BCUT2D eigenvalue weighted by Gasteiger charge is 2.11. The molecule has 0 aliphatic rings. The van der Waals surface area contributed by atoms with Gasteiger partial charge in [-0.3, -0.25) is 10.1 Å². The Kier molecular flexibility index (Phi) is 3.73. The van der Waals surface area contributed by atoms with Crippen molar-refractivity contribution in [1.82, 2.24) is 25.2 Å². The number of aromatic amines is 1. The molecule has 1 aromatic carbocycles. The van der Waals surface area contributed by atoms with Gasteiger partial charge in [-0.1, -0.05) is 11.2 Å². The summed E-state index contributed by atoms with van der Waals surface area (Å²) in [5.41, 5.74) is 1.08. The molecule has 3 rings (SSSR count). The first-order valence-electron chi connectivity index (χ1n) is 6.91. The third kappa shape index (κ3) is 2.76. The normalized spacial score (nSPS) is 11.0. The molecule has 8 heteroatoms. The molecule has 0 unspecified atom stereocenters. The van der Waals surface area contributed by atoms with E-state index in [0.29, 0.717) is 11.8 Å². The number of tetrazole rings is 1. The van der Waals surface area contributed by atoms with Crippen LogP contribution in [0.1, 0.15) is 19.9 Å². The fourth-order valence-corrected chi connectivity index (χ4v) is 2.26. The van der Waals surface area contributed by atoms with Gasteiger partial charge in [0.25, 0.3) is 11.9 Å². The predicted molar refractivity (Wildman–Crippen MR) is 80.6 cm³/mol. The van der Waals surface area contributed by atoms with Gasteiger partial charge in [0.05, 0.1) is 5.52 Å². The number of aromatic nitrogens is 5. The molecule has 2 heterocycles. The zero-order chi connectivity index (χ0) is 15.5. The number of fused-ring (bicyclic) bond motifs is 1. The molecule has 0 bridgehead atoms. The number of nitrogens with one attached hydrogen (secondary N) is 2. The lowest BCUT2D eigenvalue weighted by molar-refractivity contribution is -0.118. The fourth-order valence-electron chi connectivity index (χ4n) is 2.26. The highest BCUT2D eigenvalue weighted by atomic mass is 16.5. The van der Waals surface area contributed by atoms with Crippen molar-refractivity contribution >= 4 is 22.8 Å². The van der Waals surface area contributed by atoms with Crippen LogP contribution >= 0.6 is 0 Å². The third-order valence-corrected chi connectivity index (χ3v) is 3.23. The number of ether oxygens (including phenoxy) is 1. The van der Waals surface area contributed by atoms with E-state index in [1.807, 2.05) is 30.5 Å². The van der Waals surface area contributed by atoms with Crippen LogP contribution in [-0.2, 0) is 4.79 Å². The van der Waals surface area contributed by atoms with Gasteiger partial charge in [-0.05, 0) is 37.3 Å². The van der Waals surface area contributed by atoms with Gasteiger partial charge in [-0.2, -0.15) is 5.21 Å². The van der Waals surface area contributed by atoms with Crippen LogP contribution in [0, 0.1) is 0 Å². The maximum atomic E-state index is 11.8. The van der Waals surface area contributed by atoms with Crippen LogP contribution in [0.2, 0.25) is 0 Å². The second-order valence-electron chi connectivity index (χ2n) is 5.08. The van der Waals surface area contributed by atoms with Crippen molar-refractivity contribution in [2.24, 2.45) is 0 Å². The Morgan fingerprint density at radius 1 is 1.41 bits per heavy atom. The summed E-state index contributed by atoms with van der Waals surface area (Å²) in [5, 5.41) is 16.4. The van der Waals surface area contributed by atoms with E-state index in [1.165, 1.54) is 0 Å². The van der Waals surface area contributed by atoms with E-state index < -0.39 is 0 Å². The number of hydrogen-bond acceptors (Lipinski definition) is 5. The van der Waals surface area contributed by atoms with Gasteiger partial charge >= 0.3 is 0 Å². The number of carbonyl (C=O) groups excluding carboxylic acids is 1. The van der Waals surface area contributed by atoms with E-state index in [1.54, 1.807) is 0 Å². The molecule has 2 aromatic heterocycles. The van der Waals surface area contributed by atoms with Gasteiger partial charge in [0, 0.05) is 17.6 Å². The topological polar surface area (TPSA) is 97.7 Å². The summed E-state index contributed by atoms with van der Waals surface area (Å²) in [4.78, 5) is 11.8. The molecular formula is C14H16N6O2. The second-order valence-corrected chi connectivity index (χ2v) is 5.08. The molecule has 1 amide bonds. The molecule has 2 N–H and O–H groups in total. The molecule has 0 saturated carbocycles.